The largest absolute Gasteiger partial charge is 0.370 e. The quantitative estimate of drug-likeness (QED) is 0.667. The molecule has 1 fully saturated rings. The highest BCUT2D eigenvalue weighted by molar-refractivity contribution is 7.92. The topological polar surface area (TPSA) is 84.1 Å². The number of benzene rings is 2. The number of hydrogen-bond donors (Lipinski definition) is 2. The van der Waals surface area contributed by atoms with Gasteiger partial charge in [0.2, 0.25) is 0 Å². The van der Waals surface area contributed by atoms with E-state index in [4.69, 9.17) is 4.74 Å². The van der Waals surface area contributed by atoms with Crippen LogP contribution >= 0.6 is 0 Å². The van der Waals surface area contributed by atoms with E-state index >= 15 is 0 Å². The van der Waals surface area contributed by atoms with Crippen molar-refractivity contribution >= 4 is 26.7 Å². The molecule has 1 unspecified atom stereocenters. The van der Waals surface area contributed by atoms with Crippen LogP contribution in [0.1, 0.15) is 43.7 Å². The molecule has 1 atom stereocenters. The molecule has 2 N–H and O–H groups in total. The molecular weight excluding hydrogens is 362 g/mol. The molecule has 2 aromatic carbocycles. The first-order valence-corrected chi connectivity index (χ1v) is 10.8. The summed E-state index contributed by atoms with van der Waals surface area (Å²) in [5.74, 6) is 0.800. The summed E-state index contributed by atoms with van der Waals surface area (Å²) in [5.41, 5.74) is 3.23. The number of nitrogens with zero attached hydrogens (tertiary/aromatic N) is 1. The van der Waals surface area contributed by atoms with Gasteiger partial charge in [-0.1, -0.05) is 25.5 Å². The Balaban J connectivity index is 1.56. The molecule has 27 heavy (non-hydrogen) atoms. The molecule has 1 aliphatic heterocycles. The molecule has 4 rings (SSSR count). The summed E-state index contributed by atoms with van der Waals surface area (Å²) in [7, 11) is -3.63. The van der Waals surface area contributed by atoms with Crippen molar-refractivity contribution in [2.45, 2.75) is 43.6 Å². The first-order chi connectivity index (χ1) is 13.0. The first kappa shape index (κ1) is 18.0. The van der Waals surface area contributed by atoms with Gasteiger partial charge in [-0.3, -0.25) is 4.72 Å². The number of fused-ring (bicyclic) bond motifs is 1. The van der Waals surface area contributed by atoms with Crippen molar-refractivity contribution in [3.63, 3.8) is 0 Å². The molecular formula is C20H23N3O3S. The number of H-pyrrole nitrogens is 1. The molecule has 1 aromatic heterocycles. The van der Waals surface area contributed by atoms with Crippen molar-refractivity contribution in [2.24, 2.45) is 0 Å². The molecule has 6 nitrogen and oxygen atoms in total. The highest BCUT2D eigenvalue weighted by Gasteiger charge is 2.21. The van der Waals surface area contributed by atoms with Crippen LogP contribution in [0.15, 0.2) is 47.4 Å². The number of imidazole rings is 1. The summed E-state index contributed by atoms with van der Waals surface area (Å²) in [6.45, 7) is 2.85. The van der Waals surface area contributed by atoms with E-state index in [1.807, 2.05) is 18.2 Å². The molecule has 0 radical (unpaired) electrons. The molecule has 0 bridgehead atoms. The van der Waals surface area contributed by atoms with Crippen molar-refractivity contribution in [3.8, 4) is 0 Å². The monoisotopic (exact) mass is 385 g/mol. The van der Waals surface area contributed by atoms with Gasteiger partial charge in [-0.15, -0.1) is 0 Å². The van der Waals surface area contributed by atoms with Crippen LogP contribution in [-0.2, 0) is 21.2 Å². The summed E-state index contributed by atoms with van der Waals surface area (Å²) in [5, 5.41) is 0. The number of aryl methyl sites for hydroxylation is 1. The van der Waals surface area contributed by atoms with E-state index in [0.29, 0.717) is 5.69 Å². The second-order valence-corrected chi connectivity index (χ2v) is 8.54. The highest BCUT2D eigenvalue weighted by Crippen LogP contribution is 2.29. The Morgan fingerprint density at radius 2 is 2.04 bits per heavy atom. The minimum absolute atomic E-state index is 0.000762. The van der Waals surface area contributed by atoms with Crippen molar-refractivity contribution in [3.05, 3.63) is 53.9 Å². The van der Waals surface area contributed by atoms with E-state index in [-0.39, 0.29) is 11.0 Å². The zero-order valence-corrected chi connectivity index (χ0v) is 16.1. The van der Waals surface area contributed by atoms with E-state index in [0.717, 1.165) is 54.7 Å². The number of anilines is 1. The third-order valence-electron chi connectivity index (χ3n) is 4.76. The average molecular weight is 385 g/mol. The summed E-state index contributed by atoms with van der Waals surface area (Å²) < 4.78 is 33.6. The number of aromatic nitrogens is 2. The molecule has 1 aliphatic rings. The van der Waals surface area contributed by atoms with Gasteiger partial charge in [0, 0.05) is 6.61 Å². The normalized spacial score (nSPS) is 17.4. The van der Waals surface area contributed by atoms with Crippen LogP contribution in [0.25, 0.3) is 11.0 Å². The lowest BCUT2D eigenvalue weighted by molar-refractivity contribution is 0.106. The number of nitrogens with one attached hydrogen (secondary N) is 2. The van der Waals surface area contributed by atoms with Crippen LogP contribution in [0.4, 0.5) is 5.69 Å². The summed E-state index contributed by atoms with van der Waals surface area (Å²) >= 11 is 0. The lowest BCUT2D eigenvalue weighted by Gasteiger charge is -2.09. The van der Waals surface area contributed by atoms with Gasteiger partial charge in [0.15, 0.2) is 0 Å². The fraction of sp³-hybridized carbons (Fsp3) is 0.350. The number of aromatic amines is 1. The standard InChI is InChI=1S/C20H23N3O3S/c1-2-4-14-6-9-16(10-7-14)27(24,25)23-15-8-11-17-18(13-15)22-20(21-17)19-5-3-12-26-19/h6-11,13,19,23H,2-5,12H2,1H3,(H,21,22). The van der Waals surface area contributed by atoms with E-state index in [9.17, 15) is 8.42 Å². The summed E-state index contributed by atoms with van der Waals surface area (Å²) in [4.78, 5) is 8.07. The van der Waals surface area contributed by atoms with Crippen LogP contribution < -0.4 is 4.72 Å². The molecule has 7 heteroatoms. The van der Waals surface area contributed by atoms with Crippen molar-refractivity contribution < 1.29 is 13.2 Å². The van der Waals surface area contributed by atoms with E-state index in [2.05, 4.69) is 21.6 Å². The molecule has 0 spiro atoms. The fourth-order valence-corrected chi connectivity index (χ4v) is 4.43. The summed E-state index contributed by atoms with van der Waals surface area (Å²) in [6, 6.07) is 12.3. The third kappa shape index (κ3) is 3.84. The molecule has 1 saturated heterocycles. The van der Waals surface area contributed by atoms with Crippen LogP contribution in [0.5, 0.6) is 0 Å². The van der Waals surface area contributed by atoms with Gasteiger partial charge in [-0.05, 0) is 55.2 Å². The van der Waals surface area contributed by atoms with E-state index in [1.165, 1.54) is 0 Å². The molecule has 0 amide bonds. The second-order valence-electron chi connectivity index (χ2n) is 6.86. The van der Waals surface area contributed by atoms with Crippen molar-refractivity contribution in [2.75, 3.05) is 11.3 Å². The molecule has 0 saturated carbocycles. The maximum Gasteiger partial charge on any atom is 0.261 e. The minimum Gasteiger partial charge on any atom is -0.370 e. The lowest BCUT2D eigenvalue weighted by atomic mass is 10.1. The molecule has 142 valence electrons. The predicted octanol–water partition coefficient (Wildman–Crippen LogP) is 4.17. The lowest BCUT2D eigenvalue weighted by Crippen LogP contribution is -2.12. The maximum absolute atomic E-state index is 12.7. The van der Waals surface area contributed by atoms with Gasteiger partial charge < -0.3 is 9.72 Å². The van der Waals surface area contributed by atoms with Crippen LogP contribution in [0, 0.1) is 0 Å². The first-order valence-electron chi connectivity index (χ1n) is 9.28. The van der Waals surface area contributed by atoms with Crippen molar-refractivity contribution in [1.82, 2.24) is 9.97 Å². The van der Waals surface area contributed by atoms with Crippen LogP contribution in [0.3, 0.4) is 0 Å². The van der Waals surface area contributed by atoms with E-state index < -0.39 is 10.0 Å². The maximum atomic E-state index is 12.7. The zero-order valence-electron chi connectivity index (χ0n) is 15.2. The van der Waals surface area contributed by atoms with Crippen molar-refractivity contribution in [1.29, 1.82) is 0 Å². The predicted molar refractivity (Wildman–Crippen MR) is 105 cm³/mol. The fourth-order valence-electron chi connectivity index (χ4n) is 3.38. The Labute approximate surface area is 159 Å². The Kier molecular flexibility index (Phi) is 4.88. The van der Waals surface area contributed by atoms with Gasteiger partial charge in [0.05, 0.1) is 21.6 Å². The van der Waals surface area contributed by atoms with Gasteiger partial charge in [0.25, 0.3) is 10.0 Å². The molecule has 0 aliphatic carbocycles. The van der Waals surface area contributed by atoms with Crippen LogP contribution in [-0.4, -0.2) is 25.0 Å². The number of hydrogen-bond acceptors (Lipinski definition) is 4. The Morgan fingerprint density at radius 1 is 1.22 bits per heavy atom. The zero-order chi connectivity index (χ0) is 18.9. The third-order valence-corrected chi connectivity index (χ3v) is 6.16. The Bertz CT molecular complexity index is 1040. The second kappa shape index (κ2) is 7.32. The molecule has 2 heterocycles. The SMILES string of the molecule is CCCc1ccc(S(=O)(=O)Nc2ccc3nc(C4CCCO4)[nH]c3c2)cc1. The average Bonchev–Trinajstić information content (AvgIpc) is 3.31. The minimum atomic E-state index is -3.63. The van der Waals surface area contributed by atoms with Gasteiger partial charge in [0.1, 0.15) is 11.9 Å². The number of ether oxygens (including phenoxy) is 1. The van der Waals surface area contributed by atoms with Gasteiger partial charge in [-0.25, -0.2) is 13.4 Å². The molecule has 3 aromatic rings. The highest BCUT2D eigenvalue weighted by atomic mass is 32.2. The van der Waals surface area contributed by atoms with Crippen LogP contribution in [0.2, 0.25) is 0 Å². The smallest absolute Gasteiger partial charge is 0.261 e. The van der Waals surface area contributed by atoms with E-state index in [1.54, 1.807) is 24.3 Å². The van der Waals surface area contributed by atoms with Gasteiger partial charge in [-0.2, -0.15) is 0 Å². The Morgan fingerprint density at radius 3 is 2.74 bits per heavy atom. The number of sulfonamides is 1. The Hall–Kier alpha value is -2.38. The number of rotatable bonds is 6. The summed E-state index contributed by atoms with van der Waals surface area (Å²) in [6.07, 6.45) is 3.95. The van der Waals surface area contributed by atoms with Gasteiger partial charge >= 0.3 is 0 Å².